The average Bonchev–Trinajstić information content (AvgIpc) is 2.85. The van der Waals surface area contributed by atoms with Crippen LogP contribution < -0.4 is 0 Å². The second-order valence-electron chi connectivity index (χ2n) is 5.15. The highest BCUT2D eigenvalue weighted by molar-refractivity contribution is 6.32. The highest BCUT2D eigenvalue weighted by Gasteiger charge is 2.23. The van der Waals surface area contributed by atoms with E-state index >= 15 is 0 Å². The lowest BCUT2D eigenvalue weighted by molar-refractivity contribution is 0.0527. The summed E-state index contributed by atoms with van der Waals surface area (Å²) in [4.78, 5) is 16.7. The van der Waals surface area contributed by atoms with E-state index in [1.165, 1.54) is 4.52 Å². The molecule has 0 aliphatic heterocycles. The van der Waals surface area contributed by atoms with E-state index in [4.69, 9.17) is 16.3 Å². The Hall–Kier alpha value is -2.40. The van der Waals surface area contributed by atoms with E-state index in [1.807, 2.05) is 37.3 Å². The molecular weight excluding hydrogens is 314 g/mol. The van der Waals surface area contributed by atoms with Crippen molar-refractivity contribution in [3.05, 3.63) is 52.4 Å². The van der Waals surface area contributed by atoms with E-state index in [9.17, 15) is 4.79 Å². The van der Waals surface area contributed by atoms with E-state index in [-0.39, 0.29) is 0 Å². The van der Waals surface area contributed by atoms with E-state index in [0.29, 0.717) is 28.7 Å². The van der Waals surface area contributed by atoms with E-state index < -0.39 is 5.97 Å². The van der Waals surface area contributed by atoms with Gasteiger partial charge in [0.15, 0.2) is 5.65 Å². The van der Waals surface area contributed by atoms with Gasteiger partial charge in [-0.1, -0.05) is 41.9 Å². The second kappa shape index (κ2) is 6.01. The minimum Gasteiger partial charge on any atom is -0.462 e. The van der Waals surface area contributed by atoms with Crippen LogP contribution in [0.2, 0.25) is 5.15 Å². The molecule has 0 fully saturated rings. The molecule has 0 bridgehead atoms. The summed E-state index contributed by atoms with van der Waals surface area (Å²) >= 11 is 6.56. The Morgan fingerprint density at radius 3 is 2.57 bits per heavy atom. The van der Waals surface area contributed by atoms with Crippen LogP contribution in [-0.4, -0.2) is 27.2 Å². The Bertz CT molecular complexity index is 888. The van der Waals surface area contributed by atoms with Gasteiger partial charge in [-0.15, -0.1) is 0 Å². The predicted molar refractivity (Wildman–Crippen MR) is 88.9 cm³/mol. The molecule has 0 radical (unpaired) electrons. The number of halogens is 1. The molecule has 3 rings (SSSR count). The number of esters is 1. The molecule has 118 valence electrons. The first kappa shape index (κ1) is 15.5. The van der Waals surface area contributed by atoms with Crippen molar-refractivity contribution in [1.29, 1.82) is 0 Å². The van der Waals surface area contributed by atoms with Gasteiger partial charge in [0.05, 0.1) is 18.0 Å². The van der Waals surface area contributed by atoms with Crippen molar-refractivity contribution in [2.75, 3.05) is 6.61 Å². The molecule has 0 saturated heterocycles. The molecule has 23 heavy (non-hydrogen) atoms. The molecule has 0 N–H and O–H groups in total. The first-order valence-corrected chi connectivity index (χ1v) is 7.70. The molecule has 2 aromatic heterocycles. The lowest BCUT2D eigenvalue weighted by Gasteiger charge is -2.10. The quantitative estimate of drug-likeness (QED) is 0.541. The molecule has 0 amide bonds. The van der Waals surface area contributed by atoms with Gasteiger partial charge in [-0.3, -0.25) is 0 Å². The van der Waals surface area contributed by atoms with Crippen molar-refractivity contribution < 1.29 is 9.53 Å². The monoisotopic (exact) mass is 329 g/mol. The van der Waals surface area contributed by atoms with Crippen LogP contribution in [0, 0.1) is 13.8 Å². The van der Waals surface area contributed by atoms with E-state index in [2.05, 4.69) is 10.1 Å². The number of rotatable bonds is 3. The summed E-state index contributed by atoms with van der Waals surface area (Å²) in [5.41, 5.74) is 3.81. The van der Waals surface area contributed by atoms with Gasteiger partial charge < -0.3 is 4.74 Å². The highest BCUT2D eigenvalue weighted by Crippen LogP contribution is 2.32. The normalized spacial score (nSPS) is 11.0. The number of aryl methyl sites for hydroxylation is 2. The Labute approximate surface area is 138 Å². The van der Waals surface area contributed by atoms with Crippen LogP contribution in [-0.2, 0) is 4.74 Å². The second-order valence-corrected chi connectivity index (χ2v) is 5.50. The third kappa shape index (κ3) is 2.57. The van der Waals surface area contributed by atoms with Gasteiger partial charge >= 0.3 is 5.97 Å². The molecule has 2 heterocycles. The van der Waals surface area contributed by atoms with Crippen molar-refractivity contribution >= 4 is 23.2 Å². The standard InChI is InChI=1S/C17H16ClN3O2/c1-4-23-17(22)14-11(3)20-21-15(18)13(10(2)19-16(14)21)12-8-6-5-7-9-12/h5-9H,4H2,1-3H3. The molecular formula is C17H16ClN3O2. The van der Waals surface area contributed by atoms with Gasteiger partial charge in [-0.2, -0.15) is 5.10 Å². The summed E-state index contributed by atoms with van der Waals surface area (Å²) in [7, 11) is 0. The van der Waals surface area contributed by atoms with Crippen molar-refractivity contribution in [2.45, 2.75) is 20.8 Å². The number of carbonyl (C=O) groups is 1. The van der Waals surface area contributed by atoms with Gasteiger partial charge in [0.2, 0.25) is 0 Å². The summed E-state index contributed by atoms with van der Waals surface area (Å²) in [6.45, 7) is 5.67. The number of benzene rings is 1. The Balaban J connectivity index is 2.28. The maximum absolute atomic E-state index is 12.2. The minimum atomic E-state index is -0.435. The molecule has 5 nitrogen and oxygen atoms in total. The first-order valence-electron chi connectivity index (χ1n) is 7.32. The Kier molecular flexibility index (Phi) is 4.05. The molecule has 1 aromatic carbocycles. The summed E-state index contributed by atoms with van der Waals surface area (Å²) in [5.74, 6) is -0.435. The van der Waals surface area contributed by atoms with Gasteiger partial charge in [-0.25, -0.2) is 14.3 Å². The van der Waals surface area contributed by atoms with Crippen LogP contribution in [0.3, 0.4) is 0 Å². The van der Waals surface area contributed by atoms with Crippen LogP contribution in [0.1, 0.15) is 28.7 Å². The predicted octanol–water partition coefficient (Wildman–Crippen LogP) is 3.84. The van der Waals surface area contributed by atoms with E-state index in [0.717, 1.165) is 16.8 Å². The fourth-order valence-corrected chi connectivity index (χ4v) is 2.96. The number of ether oxygens (including phenoxy) is 1. The number of aromatic nitrogens is 3. The van der Waals surface area contributed by atoms with Crippen LogP contribution in [0.15, 0.2) is 30.3 Å². The van der Waals surface area contributed by atoms with Crippen LogP contribution >= 0.6 is 11.6 Å². The third-order valence-electron chi connectivity index (χ3n) is 3.61. The molecule has 0 unspecified atom stereocenters. The van der Waals surface area contributed by atoms with Crippen LogP contribution in [0.5, 0.6) is 0 Å². The SMILES string of the molecule is CCOC(=O)c1c(C)nn2c(Cl)c(-c3ccccc3)c(C)nc12. The van der Waals surface area contributed by atoms with E-state index in [1.54, 1.807) is 13.8 Å². The van der Waals surface area contributed by atoms with Gasteiger partial charge in [-0.05, 0) is 26.3 Å². The fraction of sp³-hybridized carbons (Fsp3) is 0.235. The molecule has 0 saturated carbocycles. The zero-order chi connectivity index (χ0) is 16.6. The lowest BCUT2D eigenvalue weighted by atomic mass is 10.1. The number of hydrogen-bond donors (Lipinski definition) is 0. The summed E-state index contributed by atoms with van der Waals surface area (Å²) in [5, 5.41) is 4.79. The number of hydrogen-bond acceptors (Lipinski definition) is 4. The molecule has 0 aliphatic rings. The summed E-state index contributed by atoms with van der Waals surface area (Å²) in [6, 6.07) is 9.74. The maximum Gasteiger partial charge on any atom is 0.343 e. The number of fused-ring (bicyclic) bond motifs is 1. The zero-order valence-corrected chi connectivity index (χ0v) is 13.9. The van der Waals surface area contributed by atoms with Gasteiger partial charge in [0, 0.05) is 5.56 Å². The highest BCUT2D eigenvalue weighted by atomic mass is 35.5. The third-order valence-corrected chi connectivity index (χ3v) is 3.95. The lowest BCUT2D eigenvalue weighted by Crippen LogP contribution is -2.07. The molecule has 0 aliphatic carbocycles. The smallest absolute Gasteiger partial charge is 0.343 e. The fourth-order valence-electron chi connectivity index (χ4n) is 2.60. The number of carbonyl (C=O) groups excluding carboxylic acids is 1. The Morgan fingerprint density at radius 2 is 1.91 bits per heavy atom. The van der Waals surface area contributed by atoms with Crippen molar-refractivity contribution in [3.63, 3.8) is 0 Å². The van der Waals surface area contributed by atoms with Crippen molar-refractivity contribution in [2.24, 2.45) is 0 Å². The first-order chi connectivity index (χ1) is 11.0. The minimum absolute atomic E-state index is 0.296. The zero-order valence-electron chi connectivity index (χ0n) is 13.1. The van der Waals surface area contributed by atoms with Crippen LogP contribution in [0.4, 0.5) is 0 Å². The Morgan fingerprint density at radius 1 is 1.22 bits per heavy atom. The average molecular weight is 330 g/mol. The molecule has 6 heteroatoms. The number of nitrogens with zero attached hydrogens (tertiary/aromatic N) is 3. The maximum atomic E-state index is 12.2. The molecule has 0 atom stereocenters. The van der Waals surface area contributed by atoms with Gasteiger partial charge in [0.1, 0.15) is 10.7 Å². The summed E-state index contributed by atoms with van der Waals surface area (Å²) < 4.78 is 6.59. The summed E-state index contributed by atoms with van der Waals surface area (Å²) in [6.07, 6.45) is 0. The van der Waals surface area contributed by atoms with Crippen molar-refractivity contribution in [3.8, 4) is 11.1 Å². The largest absolute Gasteiger partial charge is 0.462 e. The van der Waals surface area contributed by atoms with Crippen molar-refractivity contribution in [1.82, 2.24) is 14.6 Å². The molecule has 0 spiro atoms. The topological polar surface area (TPSA) is 56.5 Å². The van der Waals surface area contributed by atoms with Gasteiger partial charge in [0.25, 0.3) is 0 Å². The van der Waals surface area contributed by atoms with Crippen LogP contribution in [0.25, 0.3) is 16.8 Å². The molecule has 3 aromatic rings.